The summed E-state index contributed by atoms with van der Waals surface area (Å²) in [6, 6.07) is 13.5. The first kappa shape index (κ1) is 23.9. The number of aromatic hydroxyl groups is 1. The van der Waals surface area contributed by atoms with Gasteiger partial charge in [-0.2, -0.15) is 0 Å². The van der Waals surface area contributed by atoms with Crippen LogP contribution in [0.15, 0.2) is 59.4 Å². The number of hydrogen-bond acceptors (Lipinski definition) is 5. The third-order valence-corrected chi connectivity index (χ3v) is 6.35. The average Bonchev–Trinajstić information content (AvgIpc) is 2.82. The second-order valence-corrected chi connectivity index (χ2v) is 8.49. The van der Waals surface area contributed by atoms with Gasteiger partial charge in [0, 0.05) is 51.2 Å². The topological polar surface area (TPSA) is 57.9 Å². The quantitative estimate of drug-likeness (QED) is 0.572. The molecule has 6 nitrogen and oxygen atoms in total. The molecule has 0 radical (unpaired) electrons. The van der Waals surface area contributed by atoms with Gasteiger partial charge in [0.05, 0.1) is 18.2 Å². The molecule has 4 rings (SSSR count). The van der Waals surface area contributed by atoms with Gasteiger partial charge in [-0.05, 0) is 55.0 Å². The summed E-state index contributed by atoms with van der Waals surface area (Å²) < 4.78 is 34.3. The van der Waals surface area contributed by atoms with E-state index in [9.17, 15) is 18.7 Å². The van der Waals surface area contributed by atoms with Crippen LogP contribution in [0, 0.1) is 18.6 Å². The Morgan fingerprint density at radius 2 is 1.71 bits per heavy atom. The van der Waals surface area contributed by atoms with Crippen molar-refractivity contribution in [3.05, 3.63) is 93.4 Å². The number of aryl methyl sites for hydroxylation is 1. The van der Waals surface area contributed by atoms with Crippen molar-refractivity contribution < 1.29 is 18.6 Å². The molecule has 1 atom stereocenters. The normalized spacial score (nSPS) is 15.5. The number of hydrogen-bond donors (Lipinski definition) is 1. The monoisotopic (exact) mass is 469 g/mol. The molecule has 1 N–H and O–H groups in total. The number of nitrogens with zero attached hydrogens (tertiary/aromatic N) is 3. The zero-order valence-corrected chi connectivity index (χ0v) is 19.4. The van der Waals surface area contributed by atoms with E-state index in [4.69, 9.17) is 4.74 Å². The van der Waals surface area contributed by atoms with Crippen LogP contribution in [0.1, 0.15) is 22.9 Å². The Bertz CT molecular complexity index is 1190. The SMILES string of the molecule is COCCn1c(C)cc(O)c(C(c2cccc(F)c2)N2CCN(c3ccc(F)cc3)CC2)c1=O. The molecule has 0 aliphatic carbocycles. The summed E-state index contributed by atoms with van der Waals surface area (Å²) in [5, 5.41) is 10.9. The first-order valence-corrected chi connectivity index (χ1v) is 11.3. The first-order valence-electron chi connectivity index (χ1n) is 11.3. The van der Waals surface area contributed by atoms with E-state index in [0.717, 1.165) is 5.69 Å². The highest BCUT2D eigenvalue weighted by molar-refractivity contribution is 5.47. The molecule has 180 valence electrons. The molecule has 34 heavy (non-hydrogen) atoms. The van der Waals surface area contributed by atoms with Gasteiger partial charge in [-0.15, -0.1) is 0 Å². The number of aromatic nitrogens is 1. The van der Waals surface area contributed by atoms with Crippen LogP contribution in [0.2, 0.25) is 0 Å². The van der Waals surface area contributed by atoms with Crippen LogP contribution in [0.4, 0.5) is 14.5 Å². The van der Waals surface area contributed by atoms with Crippen LogP contribution in [0.3, 0.4) is 0 Å². The molecule has 0 bridgehead atoms. The maximum Gasteiger partial charge on any atom is 0.259 e. The van der Waals surface area contributed by atoms with Crippen molar-refractivity contribution in [3.8, 4) is 5.75 Å². The van der Waals surface area contributed by atoms with E-state index in [1.807, 2.05) is 0 Å². The minimum Gasteiger partial charge on any atom is -0.507 e. The van der Waals surface area contributed by atoms with Gasteiger partial charge in [-0.25, -0.2) is 8.78 Å². The molecule has 1 aliphatic rings. The summed E-state index contributed by atoms with van der Waals surface area (Å²) in [7, 11) is 1.57. The molecule has 2 heterocycles. The summed E-state index contributed by atoms with van der Waals surface area (Å²) in [6.45, 7) is 4.89. The van der Waals surface area contributed by atoms with E-state index in [1.165, 1.54) is 24.3 Å². The van der Waals surface area contributed by atoms with E-state index in [1.54, 1.807) is 48.9 Å². The van der Waals surface area contributed by atoms with Crippen molar-refractivity contribution in [2.75, 3.05) is 44.8 Å². The van der Waals surface area contributed by atoms with Gasteiger partial charge in [0.2, 0.25) is 0 Å². The summed E-state index contributed by atoms with van der Waals surface area (Å²) in [5.41, 5.74) is 2.06. The summed E-state index contributed by atoms with van der Waals surface area (Å²) >= 11 is 0. The smallest absolute Gasteiger partial charge is 0.259 e. The molecule has 3 aromatic rings. The second kappa shape index (κ2) is 10.4. The van der Waals surface area contributed by atoms with Crippen molar-refractivity contribution in [2.24, 2.45) is 0 Å². The Morgan fingerprint density at radius 1 is 1.00 bits per heavy atom. The molecule has 1 saturated heterocycles. The molecule has 0 spiro atoms. The molecule has 0 amide bonds. The number of ether oxygens (including phenoxy) is 1. The minimum absolute atomic E-state index is 0.105. The second-order valence-electron chi connectivity index (χ2n) is 8.49. The zero-order chi connectivity index (χ0) is 24.2. The fraction of sp³-hybridized carbons (Fsp3) is 0.346. The van der Waals surface area contributed by atoms with Gasteiger partial charge in [-0.1, -0.05) is 12.1 Å². The molecule has 1 aromatic heterocycles. The predicted octanol–water partition coefficient (Wildman–Crippen LogP) is 3.70. The molecular weight excluding hydrogens is 440 g/mol. The van der Waals surface area contributed by atoms with Crippen LogP contribution >= 0.6 is 0 Å². The molecule has 1 fully saturated rings. The fourth-order valence-electron chi connectivity index (χ4n) is 4.61. The van der Waals surface area contributed by atoms with Crippen LogP contribution < -0.4 is 10.5 Å². The average molecular weight is 470 g/mol. The lowest BCUT2D eigenvalue weighted by atomic mass is 9.95. The Hall–Kier alpha value is -3.23. The molecule has 1 aliphatic heterocycles. The first-order chi connectivity index (χ1) is 16.4. The molecular formula is C26H29F2N3O3. The lowest BCUT2D eigenvalue weighted by Gasteiger charge is -2.40. The van der Waals surface area contributed by atoms with Gasteiger partial charge in [0.15, 0.2) is 0 Å². The fourth-order valence-corrected chi connectivity index (χ4v) is 4.61. The maximum absolute atomic E-state index is 14.2. The number of halogens is 2. The van der Waals surface area contributed by atoms with Crippen LogP contribution in [-0.2, 0) is 11.3 Å². The Balaban J connectivity index is 1.71. The third-order valence-electron chi connectivity index (χ3n) is 6.35. The lowest BCUT2D eigenvalue weighted by molar-refractivity contribution is 0.183. The summed E-state index contributed by atoms with van der Waals surface area (Å²) in [5.74, 6) is -0.793. The third kappa shape index (κ3) is 4.98. The lowest BCUT2D eigenvalue weighted by Crippen LogP contribution is -2.49. The highest BCUT2D eigenvalue weighted by atomic mass is 19.1. The van der Waals surface area contributed by atoms with Crippen molar-refractivity contribution in [3.63, 3.8) is 0 Å². The van der Waals surface area contributed by atoms with Gasteiger partial charge in [-0.3, -0.25) is 9.69 Å². The van der Waals surface area contributed by atoms with E-state index < -0.39 is 11.9 Å². The van der Waals surface area contributed by atoms with Gasteiger partial charge < -0.3 is 19.3 Å². The van der Waals surface area contributed by atoms with Gasteiger partial charge in [0.1, 0.15) is 17.4 Å². The largest absolute Gasteiger partial charge is 0.507 e. The van der Waals surface area contributed by atoms with Crippen LogP contribution in [0.5, 0.6) is 5.75 Å². The Morgan fingerprint density at radius 3 is 2.35 bits per heavy atom. The molecule has 8 heteroatoms. The number of anilines is 1. The van der Waals surface area contributed by atoms with Crippen molar-refractivity contribution >= 4 is 5.69 Å². The van der Waals surface area contributed by atoms with Gasteiger partial charge in [0.25, 0.3) is 5.56 Å². The van der Waals surface area contributed by atoms with Crippen LogP contribution in [0.25, 0.3) is 0 Å². The molecule has 0 saturated carbocycles. The number of benzene rings is 2. The van der Waals surface area contributed by atoms with E-state index in [-0.39, 0.29) is 22.7 Å². The Labute approximate surface area is 197 Å². The van der Waals surface area contributed by atoms with Gasteiger partial charge >= 0.3 is 0 Å². The predicted molar refractivity (Wildman–Crippen MR) is 127 cm³/mol. The number of piperazine rings is 1. The minimum atomic E-state index is -0.618. The highest BCUT2D eigenvalue weighted by Crippen LogP contribution is 2.34. The number of pyridine rings is 1. The van der Waals surface area contributed by atoms with E-state index >= 15 is 0 Å². The number of rotatable bonds is 7. The summed E-state index contributed by atoms with van der Waals surface area (Å²) in [6.07, 6.45) is 0. The standard InChI is InChI=1S/C26H29F2N3O3/c1-18-16-23(32)24(26(33)31(18)14-15-34-2)25(19-4-3-5-21(28)17-19)30-12-10-29(11-13-30)22-8-6-20(27)7-9-22/h3-9,16-17,25,32H,10-15H2,1-2H3. The van der Waals surface area contributed by atoms with E-state index in [2.05, 4.69) is 9.80 Å². The highest BCUT2D eigenvalue weighted by Gasteiger charge is 2.31. The van der Waals surface area contributed by atoms with Crippen molar-refractivity contribution in [1.29, 1.82) is 0 Å². The number of methoxy groups -OCH3 is 1. The van der Waals surface area contributed by atoms with E-state index in [0.29, 0.717) is 50.6 Å². The molecule has 2 aromatic carbocycles. The maximum atomic E-state index is 14.2. The Kier molecular flexibility index (Phi) is 7.29. The molecule has 1 unspecified atom stereocenters. The van der Waals surface area contributed by atoms with Crippen molar-refractivity contribution in [1.82, 2.24) is 9.47 Å². The zero-order valence-electron chi connectivity index (χ0n) is 19.4. The van der Waals surface area contributed by atoms with Crippen LogP contribution in [-0.4, -0.2) is 54.5 Å². The summed E-state index contributed by atoms with van der Waals surface area (Å²) in [4.78, 5) is 17.8. The van der Waals surface area contributed by atoms with Crippen molar-refractivity contribution in [2.45, 2.75) is 19.5 Å².